The smallest absolute Gasteiger partial charge is 0.163 e. The highest BCUT2D eigenvalue weighted by Gasteiger charge is 2.33. The van der Waals surface area contributed by atoms with Crippen LogP contribution in [0, 0.1) is 5.92 Å². The van der Waals surface area contributed by atoms with Gasteiger partial charge in [0.05, 0.1) is 0 Å². The van der Waals surface area contributed by atoms with Crippen molar-refractivity contribution in [2.24, 2.45) is 5.92 Å². The minimum atomic E-state index is 0.0777. The second-order valence-electron chi connectivity index (χ2n) is 6.95. The molecule has 0 heterocycles. The quantitative estimate of drug-likeness (QED) is 0.779. The molecule has 0 aliphatic heterocycles. The van der Waals surface area contributed by atoms with Crippen molar-refractivity contribution in [3.8, 4) is 0 Å². The van der Waals surface area contributed by atoms with Crippen molar-refractivity contribution >= 4 is 11.9 Å². The van der Waals surface area contributed by atoms with Crippen LogP contribution in [0.3, 0.4) is 0 Å². The second-order valence-corrected chi connectivity index (χ2v) is 6.95. The fraction of sp³-hybridized carbons (Fsp3) is 0.318. The van der Waals surface area contributed by atoms with E-state index in [0.717, 1.165) is 30.5 Å². The Kier molecular flexibility index (Phi) is 5.27. The molecule has 24 heavy (non-hydrogen) atoms. The molecule has 0 amide bonds. The Hall–Kier alpha value is -2.19. The van der Waals surface area contributed by atoms with Crippen molar-refractivity contribution in [1.82, 2.24) is 4.90 Å². The molecule has 0 bridgehead atoms. The van der Waals surface area contributed by atoms with Crippen LogP contribution in [-0.4, -0.2) is 31.3 Å². The lowest BCUT2D eigenvalue weighted by Gasteiger charge is -2.32. The van der Waals surface area contributed by atoms with Gasteiger partial charge in [0.2, 0.25) is 0 Å². The van der Waals surface area contributed by atoms with Gasteiger partial charge in [0.15, 0.2) is 5.78 Å². The van der Waals surface area contributed by atoms with E-state index < -0.39 is 0 Å². The van der Waals surface area contributed by atoms with Gasteiger partial charge in [-0.1, -0.05) is 60.7 Å². The predicted molar refractivity (Wildman–Crippen MR) is 99.9 cm³/mol. The normalized spacial score (nSPS) is 23.0. The molecule has 2 aromatic rings. The van der Waals surface area contributed by atoms with E-state index >= 15 is 0 Å². The molecule has 124 valence electrons. The zero-order valence-corrected chi connectivity index (χ0v) is 14.5. The third kappa shape index (κ3) is 4.01. The van der Waals surface area contributed by atoms with Gasteiger partial charge in [-0.15, -0.1) is 0 Å². The summed E-state index contributed by atoms with van der Waals surface area (Å²) in [5, 5.41) is 0. The van der Waals surface area contributed by atoms with Crippen LogP contribution in [0.25, 0.3) is 6.08 Å². The molecule has 1 fully saturated rings. The third-order valence-corrected chi connectivity index (χ3v) is 4.72. The summed E-state index contributed by atoms with van der Waals surface area (Å²) in [4.78, 5) is 15.1. The first-order valence-corrected chi connectivity index (χ1v) is 8.63. The average Bonchev–Trinajstić information content (AvgIpc) is 2.59. The number of allylic oxidation sites excluding steroid dienone is 1. The van der Waals surface area contributed by atoms with Crippen LogP contribution in [0.1, 0.15) is 29.9 Å². The topological polar surface area (TPSA) is 20.3 Å². The van der Waals surface area contributed by atoms with Gasteiger partial charge in [-0.05, 0) is 55.6 Å². The number of carbonyl (C=O) groups excluding carboxylic acids is 1. The minimum absolute atomic E-state index is 0.0777. The number of ketones is 1. The first-order valence-electron chi connectivity index (χ1n) is 8.63. The fourth-order valence-corrected chi connectivity index (χ4v) is 3.62. The first kappa shape index (κ1) is 16.7. The zero-order valence-electron chi connectivity index (χ0n) is 14.5. The highest BCUT2D eigenvalue weighted by atomic mass is 16.1. The summed E-state index contributed by atoms with van der Waals surface area (Å²) in [6, 6.07) is 20.8. The Morgan fingerprint density at radius 1 is 1.00 bits per heavy atom. The van der Waals surface area contributed by atoms with Crippen molar-refractivity contribution in [2.75, 3.05) is 20.6 Å². The summed E-state index contributed by atoms with van der Waals surface area (Å²) in [7, 11) is 4.08. The van der Waals surface area contributed by atoms with Gasteiger partial charge in [-0.25, -0.2) is 0 Å². The van der Waals surface area contributed by atoms with Crippen molar-refractivity contribution in [3.05, 3.63) is 77.4 Å². The lowest BCUT2D eigenvalue weighted by atomic mass is 9.74. The van der Waals surface area contributed by atoms with Gasteiger partial charge in [0.1, 0.15) is 0 Å². The third-order valence-electron chi connectivity index (χ3n) is 4.72. The molecular weight excluding hydrogens is 294 g/mol. The van der Waals surface area contributed by atoms with Gasteiger partial charge < -0.3 is 4.90 Å². The van der Waals surface area contributed by atoms with Crippen LogP contribution in [0.2, 0.25) is 0 Å². The molecule has 2 aromatic carbocycles. The lowest BCUT2D eigenvalue weighted by molar-refractivity contribution is -0.121. The Labute approximate surface area is 144 Å². The molecule has 2 atom stereocenters. The minimum Gasteiger partial charge on any atom is -0.309 e. The molecule has 2 nitrogen and oxygen atoms in total. The summed E-state index contributed by atoms with van der Waals surface area (Å²) in [6.45, 7) is 0.814. The monoisotopic (exact) mass is 319 g/mol. The molecule has 1 saturated carbocycles. The van der Waals surface area contributed by atoms with Crippen molar-refractivity contribution in [3.63, 3.8) is 0 Å². The van der Waals surface area contributed by atoms with E-state index in [9.17, 15) is 4.79 Å². The number of benzene rings is 2. The molecule has 1 aliphatic carbocycles. The van der Waals surface area contributed by atoms with E-state index in [1.807, 2.05) is 32.3 Å². The molecule has 0 spiro atoms. The number of hydrogen-bond acceptors (Lipinski definition) is 2. The van der Waals surface area contributed by atoms with E-state index in [1.165, 1.54) is 5.56 Å². The fourth-order valence-electron chi connectivity index (χ4n) is 3.62. The van der Waals surface area contributed by atoms with E-state index in [4.69, 9.17) is 0 Å². The lowest BCUT2D eigenvalue weighted by Crippen LogP contribution is -2.34. The molecule has 0 radical (unpaired) electrons. The van der Waals surface area contributed by atoms with Crippen LogP contribution in [0.5, 0.6) is 0 Å². The maximum absolute atomic E-state index is 12.9. The van der Waals surface area contributed by atoms with Gasteiger partial charge >= 0.3 is 0 Å². The van der Waals surface area contributed by atoms with Crippen molar-refractivity contribution in [2.45, 2.75) is 18.8 Å². The van der Waals surface area contributed by atoms with Crippen LogP contribution in [0.4, 0.5) is 0 Å². The Morgan fingerprint density at radius 3 is 2.25 bits per heavy atom. The van der Waals surface area contributed by atoms with E-state index in [1.54, 1.807) is 0 Å². The summed E-state index contributed by atoms with van der Waals surface area (Å²) in [5.41, 5.74) is 3.42. The van der Waals surface area contributed by atoms with Crippen LogP contribution >= 0.6 is 0 Å². The Bertz CT molecular complexity index is 703. The van der Waals surface area contributed by atoms with E-state index in [2.05, 4.69) is 53.4 Å². The SMILES string of the molecule is CN(C)CC1CC(c2ccccc2)CC(=Cc2ccccc2)C1=O. The molecular formula is C22H25NO. The summed E-state index contributed by atoms with van der Waals surface area (Å²) >= 11 is 0. The summed E-state index contributed by atoms with van der Waals surface area (Å²) in [5.74, 6) is 0.817. The van der Waals surface area contributed by atoms with Crippen molar-refractivity contribution in [1.29, 1.82) is 0 Å². The Balaban J connectivity index is 1.91. The standard InChI is InChI=1S/C22H25NO/c1-23(2)16-21-15-19(18-11-7-4-8-12-18)14-20(22(21)24)13-17-9-5-3-6-10-17/h3-13,19,21H,14-16H2,1-2H3. The number of nitrogens with zero attached hydrogens (tertiary/aromatic N) is 1. The van der Waals surface area contributed by atoms with Crippen LogP contribution < -0.4 is 0 Å². The number of Topliss-reactive ketones (excluding diaryl/α,β-unsaturated/α-hetero) is 1. The van der Waals surface area contributed by atoms with Gasteiger partial charge in [-0.2, -0.15) is 0 Å². The van der Waals surface area contributed by atoms with Gasteiger partial charge in [0.25, 0.3) is 0 Å². The highest BCUT2D eigenvalue weighted by molar-refractivity contribution is 6.02. The molecule has 3 rings (SSSR count). The highest BCUT2D eigenvalue weighted by Crippen LogP contribution is 2.38. The number of rotatable bonds is 4. The molecule has 0 aromatic heterocycles. The summed E-state index contributed by atoms with van der Waals surface area (Å²) < 4.78 is 0. The molecule has 0 N–H and O–H groups in total. The van der Waals surface area contributed by atoms with Crippen LogP contribution in [-0.2, 0) is 4.79 Å². The predicted octanol–water partition coefficient (Wildman–Crippen LogP) is 4.39. The molecule has 2 unspecified atom stereocenters. The molecule has 0 saturated heterocycles. The largest absolute Gasteiger partial charge is 0.309 e. The Morgan fingerprint density at radius 2 is 1.62 bits per heavy atom. The molecule has 1 aliphatic rings. The zero-order chi connectivity index (χ0) is 16.9. The maximum Gasteiger partial charge on any atom is 0.163 e. The number of carbonyl (C=O) groups is 1. The summed E-state index contributed by atoms with van der Waals surface area (Å²) in [6.07, 6.45) is 3.86. The van der Waals surface area contributed by atoms with E-state index in [0.29, 0.717) is 11.7 Å². The van der Waals surface area contributed by atoms with E-state index in [-0.39, 0.29) is 5.92 Å². The average molecular weight is 319 g/mol. The first-order chi connectivity index (χ1) is 11.6. The number of hydrogen-bond donors (Lipinski definition) is 0. The van der Waals surface area contributed by atoms with Gasteiger partial charge in [0, 0.05) is 12.5 Å². The molecule has 2 heteroatoms. The maximum atomic E-state index is 12.9. The van der Waals surface area contributed by atoms with Crippen molar-refractivity contribution < 1.29 is 4.79 Å². The second kappa shape index (κ2) is 7.59. The van der Waals surface area contributed by atoms with Gasteiger partial charge in [-0.3, -0.25) is 4.79 Å². The van der Waals surface area contributed by atoms with Crippen LogP contribution in [0.15, 0.2) is 66.2 Å².